The Morgan fingerprint density at radius 1 is 0.375 bits per heavy atom. The third-order valence-corrected chi connectivity index (χ3v) is 12.3. The molecule has 4 heterocycles. The summed E-state index contributed by atoms with van der Waals surface area (Å²) >= 11 is -0.101. The van der Waals surface area contributed by atoms with E-state index < -0.39 is 0 Å². The molecule has 0 N–H and O–H groups in total. The number of hydrogen-bond donors (Lipinski definition) is 0. The quantitative estimate of drug-likeness (QED) is 0.157. The minimum absolute atomic E-state index is 0.101. The van der Waals surface area contributed by atoms with Crippen molar-refractivity contribution in [2.24, 2.45) is 0 Å². The topological polar surface area (TPSA) is 48.5 Å². The highest BCUT2D eigenvalue weighted by Gasteiger charge is 2.19. The second-order valence-electron chi connectivity index (χ2n) is 13.9. The molecule has 1 aliphatic rings. The molecule has 0 bridgehead atoms. The van der Waals surface area contributed by atoms with E-state index >= 15 is 0 Å². The SMILES string of the molecule is C1=Cc2c(n(-c3ccccc3)c3ccc(-c4ccc5c(c4)c4ccccc4n5-c4ccc(-c5nc(-c6ccccc6)nc(-c6ccccc6)n5)cc4)cc23)C=I1. The molecule has 0 fully saturated rings. The summed E-state index contributed by atoms with van der Waals surface area (Å²) in [6.45, 7) is 0. The van der Waals surface area contributed by atoms with Crippen molar-refractivity contribution in [3.63, 3.8) is 0 Å². The average Bonchev–Trinajstić information content (AvgIpc) is 3.79. The van der Waals surface area contributed by atoms with Gasteiger partial charge in [0.1, 0.15) is 0 Å². The molecule has 1 aliphatic heterocycles. The number of rotatable bonds is 6. The summed E-state index contributed by atoms with van der Waals surface area (Å²) in [7, 11) is 0. The zero-order chi connectivity index (χ0) is 37.0. The maximum atomic E-state index is 4.96. The van der Waals surface area contributed by atoms with E-state index in [4.69, 9.17) is 15.0 Å². The predicted molar refractivity (Wildman–Crippen MR) is 241 cm³/mol. The molecule has 0 amide bonds. The van der Waals surface area contributed by atoms with Gasteiger partial charge in [-0.2, -0.15) is 0 Å². The Morgan fingerprint density at radius 2 is 0.857 bits per heavy atom. The van der Waals surface area contributed by atoms with Crippen molar-refractivity contribution in [3.8, 4) is 56.7 Å². The van der Waals surface area contributed by atoms with Crippen LogP contribution in [0.15, 0.2) is 180 Å². The maximum absolute atomic E-state index is 4.96. The second-order valence-corrected chi connectivity index (χ2v) is 16.0. The lowest BCUT2D eigenvalue weighted by atomic mass is 10.00. The van der Waals surface area contributed by atoms with E-state index in [-0.39, 0.29) is 20.7 Å². The van der Waals surface area contributed by atoms with Gasteiger partial charge >= 0.3 is 0 Å². The molecule has 264 valence electrons. The van der Waals surface area contributed by atoms with Gasteiger partial charge in [-0.3, -0.25) is 0 Å². The van der Waals surface area contributed by atoms with Crippen molar-refractivity contribution in [2.45, 2.75) is 0 Å². The number of nitrogens with zero attached hydrogens (tertiary/aromatic N) is 5. The fourth-order valence-electron chi connectivity index (χ4n) is 7.98. The van der Waals surface area contributed by atoms with Crippen LogP contribution in [0.4, 0.5) is 0 Å². The van der Waals surface area contributed by atoms with Crippen LogP contribution in [0.2, 0.25) is 0 Å². The first-order chi connectivity index (χ1) is 27.8. The molecular weight excluding hydrogens is 797 g/mol. The zero-order valence-corrected chi connectivity index (χ0v) is 32.2. The van der Waals surface area contributed by atoms with Gasteiger partial charge in [-0.25, -0.2) is 15.0 Å². The Balaban J connectivity index is 1.00. The first-order valence-electron chi connectivity index (χ1n) is 18.6. The monoisotopic (exact) mass is 829 g/mol. The lowest BCUT2D eigenvalue weighted by Gasteiger charge is -2.11. The highest BCUT2D eigenvalue weighted by molar-refractivity contribution is 14.2. The van der Waals surface area contributed by atoms with Crippen LogP contribution >= 0.6 is 20.7 Å². The highest BCUT2D eigenvalue weighted by atomic mass is 127. The summed E-state index contributed by atoms with van der Waals surface area (Å²) in [5.41, 5.74) is 13.7. The molecule has 56 heavy (non-hydrogen) atoms. The Kier molecular flexibility index (Phi) is 7.88. The van der Waals surface area contributed by atoms with Gasteiger partial charge in [0.15, 0.2) is 17.5 Å². The van der Waals surface area contributed by atoms with Crippen LogP contribution in [-0.2, 0) is 0 Å². The standard InChI is InChI=1S/C50H32IN5/c1-4-12-33(13-5-1)48-52-49(34-14-6-2-7-15-34)54-50(53-48)35-20-24-39(25-21-35)55-44-19-11-10-18-40(44)42-30-36(22-26-45(42)55)37-23-27-46-43(31-37)41-28-29-51-32-47(41)56(46)38-16-8-3-9-17-38/h1-32H. The van der Waals surface area contributed by atoms with Crippen molar-refractivity contribution in [3.05, 3.63) is 191 Å². The van der Waals surface area contributed by atoms with Gasteiger partial charge < -0.3 is 9.13 Å². The van der Waals surface area contributed by atoms with Crippen molar-refractivity contribution in [2.75, 3.05) is 0 Å². The molecule has 0 saturated heterocycles. The summed E-state index contributed by atoms with van der Waals surface area (Å²) in [6, 6.07) is 62.1. The minimum atomic E-state index is -0.101. The molecule has 10 aromatic rings. The molecule has 0 radical (unpaired) electrons. The maximum Gasteiger partial charge on any atom is 0.164 e. The van der Waals surface area contributed by atoms with Crippen molar-refractivity contribution < 1.29 is 0 Å². The summed E-state index contributed by atoms with van der Waals surface area (Å²) in [6.07, 6.45) is 2.33. The molecule has 0 unspecified atom stereocenters. The second kappa shape index (κ2) is 13.5. The largest absolute Gasteiger partial charge is 0.309 e. The molecule has 3 aromatic heterocycles. The molecule has 0 aliphatic carbocycles. The van der Waals surface area contributed by atoms with Crippen LogP contribution in [0.25, 0.3) is 95.5 Å². The van der Waals surface area contributed by atoms with Gasteiger partial charge in [0.25, 0.3) is 0 Å². The van der Waals surface area contributed by atoms with Gasteiger partial charge in [0.05, 0.1) is 22.2 Å². The molecule has 5 nitrogen and oxygen atoms in total. The number of fused-ring (bicyclic) bond motifs is 6. The number of halogens is 1. The summed E-state index contributed by atoms with van der Waals surface area (Å²) in [5.74, 6) is 1.95. The van der Waals surface area contributed by atoms with Crippen LogP contribution < -0.4 is 0 Å². The Hall–Kier alpha value is -6.77. The van der Waals surface area contributed by atoms with Gasteiger partial charge in [-0.05, 0) is 92.0 Å². The third kappa shape index (κ3) is 5.52. The number of para-hydroxylation sites is 2. The third-order valence-electron chi connectivity index (χ3n) is 10.6. The van der Waals surface area contributed by atoms with E-state index in [0.29, 0.717) is 17.5 Å². The van der Waals surface area contributed by atoms with Gasteiger partial charge in [0.2, 0.25) is 0 Å². The van der Waals surface area contributed by atoms with Crippen molar-refractivity contribution >= 4 is 63.5 Å². The van der Waals surface area contributed by atoms with Crippen LogP contribution in [0.5, 0.6) is 0 Å². The zero-order valence-electron chi connectivity index (χ0n) is 30.1. The normalized spacial score (nSPS) is 12.3. The first kappa shape index (κ1) is 32.6. The summed E-state index contributed by atoms with van der Waals surface area (Å²) in [5, 5.41) is 3.73. The molecule has 0 atom stereocenters. The number of hydrogen-bond acceptors (Lipinski definition) is 3. The van der Waals surface area contributed by atoms with E-state index in [0.717, 1.165) is 27.9 Å². The van der Waals surface area contributed by atoms with Gasteiger partial charge in [-0.1, -0.05) is 130 Å². The summed E-state index contributed by atoms with van der Waals surface area (Å²) < 4.78 is 9.59. The fraction of sp³-hybridized carbons (Fsp3) is 0. The van der Waals surface area contributed by atoms with Crippen LogP contribution in [0.3, 0.4) is 0 Å². The molecule has 7 aromatic carbocycles. The Morgan fingerprint density at radius 3 is 1.50 bits per heavy atom. The number of aromatic nitrogens is 5. The highest BCUT2D eigenvalue weighted by Crippen LogP contribution is 2.39. The van der Waals surface area contributed by atoms with E-state index in [1.807, 2.05) is 60.7 Å². The molecule has 0 spiro atoms. The molecular formula is C50H32IN5. The van der Waals surface area contributed by atoms with E-state index in [1.165, 1.54) is 55.3 Å². The predicted octanol–water partition coefficient (Wildman–Crippen LogP) is 12.7. The van der Waals surface area contributed by atoms with E-state index in [1.54, 1.807) is 0 Å². The number of benzene rings is 7. The van der Waals surface area contributed by atoms with Crippen LogP contribution in [-0.4, -0.2) is 28.1 Å². The van der Waals surface area contributed by atoms with Crippen molar-refractivity contribution in [1.82, 2.24) is 24.1 Å². The van der Waals surface area contributed by atoms with Gasteiger partial charge in [0, 0.05) is 49.8 Å². The Labute approximate surface area is 333 Å². The van der Waals surface area contributed by atoms with Gasteiger partial charge in [-0.15, -0.1) is 0 Å². The molecule has 6 heteroatoms. The Bertz CT molecular complexity index is 3100. The molecule has 0 saturated carbocycles. The lowest BCUT2D eigenvalue weighted by Crippen LogP contribution is -2.00. The van der Waals surface area contributed by atoms with Crippen LogP contribution in [0, 0.1) is 0 Å². The molecule has 11 rings (SSSR count). The van der Waals surface area contributed by atoms with E-state index in [2.05, 4.69) is 139 Å². The lowest BCUT2D eigenvalue weighted by molar-refractivity contribution is 1.07. The summed E-state index contributed by atoms with van der Waals surface area (Å²) in [4.78, 5) is 14.8. The van der Waals surface area contributed by atoms with Crippen molar-refractivity contribution in [1.29, 1.82) is 0 Å². The van der Waals surface area contributed by atoms with Crippen LogP contribution in [0.1, 0.15) is 11.3 Å². The minimum Gasteiger partial charge on any atom is -0.309 e. The van der Waals surface area contributed by atoms with E-state index in [9.17, 15) is 0 Å². The fourth-order valence-corrected chi connectivity index (χ4v) is 9.71. The first-order valence-corrected chi connectivity index (χ1v) is 21.1. The average molecular weight is 830 g/mol. The smallest absolute Gasteiger partial charge is 0.164 e.